The Labute approximate surface area is 237 Å². The van der Waals surface area contributed by atoms with E-state index in [1.165, 1.54) is 42.0 Å². The molecule has 5 rings (SSSR count). The van der Waals surface area contributed by atoms with Crippen molar-refractivity contribution in [3.05, 3.63) is 50.5 Å². The van der Waals surface area contributed by atoms with Gasteiger partial charge in [0, 0.05) is 41.3 Å². The van der Waals surface area contributed by atoms with E-state index in [1.807, 2.05) is 6.92 Å². The van der Waals surface area contributed by atoms with E-state index in [0.717, 1.165) is 39.1 Å². The van der Waals surface area contributed by atoms with Crippen LogP contribution in [0.5, 0.6) is 0 Å². The van der Waals surface area contributed by atoms with Gasteiger partial charge in [0.15, 0.2) is 0 Å². The largest absolute Gasteiger partial charge is 0.393 e. The molecule has 3 saturated heterocycles. The fourth-order valence-electron chi connectivity index (χ4n) is 6.43. The predicted molar refractivity (Wildman–Crippen MR) is 148 cm³/mol. The van der Waals surface area contributed by atoms with Crippen molar-refractivity contribution in [2.45, 2.75) is 50.5 Å². The first-order valence-corrected chi connectivity index (χ1v) is 14.8. The second-order valence-corrected chi connectivity index (χ2v) is 12.8. The van der Waals surface area contributed by atoms with Crippen LogP contribution in [-0.4, -0.2) is 99.7 Å². The number of hydrogen-bond acceptors (Lipinski definition) is 10. The Morgan fingerprint density at radius 3 is 2.45 bits per heavy atom. The molecule has 12 heteroatoms. The number of non-ortho nitro benzene ring substituents is 1. The van der Waals surface area contributed by atoms with Gasteiger partial charge in [0.25, 0.3) is 5.69 Å². The van der Waals surface area contributed by atoms with Crippen LogP contribution in [0.3, 0.4) is 0 Å². The SMILES string of the molecule is CC(O)[C@H]1C(=O)N2C(C(=O)OC(=O)c3ccc([N+](=O)[O-])cc3)=C(S[C@@H]3CCN(CC4CCN(C)CC4)C3)[C@H](C)[C@H]12. The topological polar surface area (TPSA) is 134 Å². The van der Waals surface area contributed by atoms with Crippen molar-refractivity contribution < 1.29 is 29.2 Å². The number of carbonyl (C=O) groups excluding carboxylic acids is 3. The van der Waals surface area contributed by atoms with Gasteiger partial charge in [-0.25, -0.2) is 9.59 Å². The number of aliphatic hydroxyl groups excluding tert-OH is 1. The van der Waals surface area contributed by atoms with Crippen molar-refractivity contribution >= 4 is 35.3 Å². The zero-order chi connectivity index (χ0) is 28.7. The van der Waals surface area contributed by atoms with Gasteiger partial charge in [0.1, 0.15) is 5.70 Å². The minimum atomic E-state index is -0.946. The highest BCUT2D eigenvalue weighted by Gasteiger charge is 2.60. The lowest BCUT2D eigenvalue weighted by Crippen LogP contribution is -2.63. The molecule has 0 bridgehead atoms. The summed E-state index contributed by atoms with van der Waals surface area (Å²) in [6.07, 6.45) is 2.49. The number of carbonyl (C=O) groups is 3. The summed E-state index contributed by atoms with van der Waals surface area (Å²) in [6, 6.07) is 4.42. The molecular weight excluding hydrogens is 536 g/mol. The molecule has 1 unspecified atom stereocenters. The maximum atomic E-state index is 13.4. The third kappa shape index (κ3) is 5.54. The number of ether oxygens (including phenoxy) is 1. The summed E-state index contributed by atoms with van der Waals surface area (Å²) in [5.74, 6) is -2.34. The number of fused-ring (bicyclic) bond motifs is 1. The maximum absolute atomic E-state index is 13.4. The smallest absolute Gasteiger partial charge is 0.363 e. The average molecular weight is 573 g/mol. The molecule has 1 amide bonds. The van der Waals surface area contributed by atoms with Crippen LogP contribution < -0.4 is 0 Å². The van der Waals surface area contributed by atoms with E-state index in [4.69, 9.17) is 4.74 Å². The van der Waals surface area contributed by atoms with Crippen LogP contribution in [-0.2, 0) is 14.3 Å². The van der Waals surface area contributed by atoms with Crippen LogP contribution in [0.1, 0.15) is 43.5 Å². The fourth-order valence-corrected chi connectivity index (χ4v) is 7.94. The van der Waals surface area contributed by atoms with E-state index in [-0.39, 0.29) is 40.1 Å². The van der Waals surface area contributed by atoms with Gasteiger partial charge in [-0.15, -0.1) is 11.8 Å². The number of amides is 1. The zero-order valence-electron chi connectivity index (χ0n) is 23.0. The van der Waals surface area contributed by atoms with Crippen LogP contribution in [0, 0.1) is 27.9 Å². The van der Waals surface area contributed by atoms with E-state index in [1.54, 1.807) is 18.7 Å². The Morgan fingerprint density at radius 2 is 1.82 bits per heavy atom. The summed E-state index contributed by atoms with van der Waals surface area (Å²) in [4.78, 5) is 56.5. The Morgan fingerprint density at radius 1 is 1.15 bits per heavy atom. The minimum absolute atomic E-state index is 0.00603. The van der Waals surface area contributed by atoms with E-state index in [0.29, 0.717) is 10.8 Å². The van der Waals surface area contributed by atoms with Crippen molar-refractivity contribution in [2.24, 2.45) is 17.8 Å². The molecule has 3 fully saturated rings. The summed E-state index contributed by atoms with van der Waals surface area (Å²) in [5, 5.41) is 21.4. The molecule has 4 aliphatic rings. The molecule has 216 valence electrons. The van der Waals surface area contributed by atoms with Gasteiger partial charge in [-0.1, -0.05) is 6.92 Å². The highest BCUT2D eigenvalue weighted by molar-refractivity contribution is 8.03. The molecule has 11 nitrogen and oxygen atoms in total. The maximum Gasteiger partial charge on any atom is 0.363 e. The van der Waals surface area contributed by atoms with Gasteiger partial charge in [0.05, 0.1) is 28.6 Å². The lowest BCUT2D eigenvalue weighted by Gasteiger charge is -2.46. The van der Waals surface area contributed by atoms with Crippen LogP contribution >= 0.6 is 11.8 Å². The number of benzene rings is 1. The lowest BCUT2D eigenvalue weighted by atomic mass is 9.79. The molecule has 4 heterocycles. The zero-order valence-corrected chi connectivity index (χ0v) is 23.8. The monoisotopic (exact) mass is 572 g/mol. The summed E-state index contributed by atoms with van der Waals surface area (Å²) in [7, 11) is 2.16. The van der Waals surface area contributed by atoms with Crippen LogP contribution in [0.15, 0.2) is 34.9 Å². The van der Waals surface area contributed by atoms with Crippen molar-refractivity contribution in [2.75, 3.05) is 39.8 Å². The Kier molecular flexibility index (Phi) is 8.32. The van der Waals surface area contributed by atoms with Crippen molar-refractivity contribution in [1.82, 2.24) is 14.7 Å². The molecule has 0 spiro atoms. The number of nitro benzene ring substituents is 1. The summed E-state index contributed by atoms with van der Waals surface area (Å²) in [6.45, 7) is 8.70. The van der Waals surface area contributed by atoms with E-state index in [9.17, 15) is 29.6 Å². The molecule has 5 atom stereocenters. The molecule has 0 aromatic heterocycles. The van der Waals surface area contributed by atoms with Gasteiger partial charge in [-0.2, -0.15) is 0 Å². The van der Waals surface area contributed by atoms with Crippen LogP contribution in [0.4, 0.5) is 5.69 Å². The highest BCUT2D eigenvalue weighted by Crippen LogP contribution is 2.52. The highest BCUT2D eigenvalue weighted by atomic mass is 32.2. The molecule has 1 aromatic rings. The first-order chi connectivity index (χ1) is 19.0. The van der Waals surface area contributed by atoms with Crippen molar-refractivity contribution in [1.29, 1.82) is 0 Å². The van der Waals surface area contributed by atoms with Crippen LogP contribution in [0.25, 0.3) is 0 Å². The average Bonchev–Trinajstić information content (AvgIpc) is 3.45. The van der Waals surface area contributed by atoms with E-state index in [2.05, 4.69) is 16.8 Å². The number of rotatable bonds is 8. The number of β-lactam (4-membered cyclic amide) rings is 1. The number of piperidine rings is 1. The Bertz CT molecular complexity index is 1210. The van der Waals surface area contributed by atoms with Crippen LogP contribution in [0.2, 0.25) is 0 Å². The molecule has 1 aromatic carbocycles. The number of thioether (sulfide) groups is 1. The third-order valence-corrected chi connectivity index (χ3v) is 10.2. The van der Waals surface area contributed by atoms with E-state index < -0.39 is 28.9 Å². The van der Waals surface area contributed by atoms with Gasteiger partial charge in [-0.05, 0) is 70.9 Å². The first kappa shape index (κ1) is 28.7. The number of hydrogen-bond donors (Lipinski definition) is 1. The summed E-state index contributed by atoms with van der Waals surface area (Å²) in [5.41, 5.74) is -0.115. The fraction of sp³-hybridized carbons (Fsp3) is 0.607. The Hall–Kier alpha value is -2.80. The standard InChI is InChI=1S/C28H36N4O7S/c1-16-23-22(17(2)33)26(34)31(23)24(28(36)39-27(35)19-4-6-20(7-5-19)32(37)38)25(16)40-21-10-13-30(15-21)14-18-8-11-29(3)12-9-18/h4-7,16-18,21-23,33H,8-15H2,1-3H3/t16-,17?,21-,22-,23-/m1/s1. The number of likely N-dealkylation sites (tertiary alicyclic amines) is 2. The molecular formula is C28H36N4O7S. The second-order valence-electron chi connectivity index (χ2n) is 11.5. The molecule has 1 N–H and O–H groups in total. The van der Waals surface area contributed by atoms with Gasteiger partial charge < -0.3 is 24.5 Å². The molecule has 40 heavy (non-hydrogen) atoms. The predicted octanol–water partition coefficient (Wildman–Crippen LogP) is 2.50. The third-order valence-electron chi connectivity index (χ3n) is 8.68. The molecule has 0 radical (unpaired) electrons. The minimum Gasteiger partial charge on any atom is -0.393 e. The quantitative estimate of drug-likeness (QED) is 0.163. The number of nitrogens with zero attached hydrogens (tertiary/aromatic N) is 4. The number of aliphatic hydroxyl groups is 1. The number of nitro groups is 1. The first-order valence-electron chi connectivity index (χ1n) is 13.9. The lowest BCUT2D eigenvalue weighted by molar-refractivity contribution is -0.384. The van der Waals surface area contributed by atoms with Crippen molar-refractivity contribution in [3.63, 3.8) is 0 Å². The Balaban J connectivity index is 1.31. The normalized spacial score (nSPS) is 28.4. The van der Waals surface area contributed by atoms with Gasteiger partial charge >= 0.3 is 11.9 Å². The van der Waals surface area contributed by atoms with Crippen molar-refractivity contribution in [3.8, 4) is 0 Å². The summed E-state index contributed by atoms with van der Waals surface area (Å²) >= 11 is 1.58. The molecule has 0 aliphatic carbocycles. The number of esters is 2. The van der Waals surface area contributed by atoms with E-state index >= 15 is 0 Å². The van der Waals surface area contributed by atoms with Gasteiger partial charge in [-0.3, -0.25) is 14.9 Å². The second kappa shape index (κ2) is 11.6. The molecule has 4 aliphatic heterocycles. The van der Waals surface area contributed by atoms with Gasteiger partial charge in [0.2, 0.25) is 5.91 Å². The molecule has 0 saturated carbocycles. The summed E-state index contributed by atoms with van der Waals surface area (Å²) < 4.78 is 5.20.